The lowest BCUT2D eigenvalue weighted by Crippen LogP contribution is -2.58. The Morgan fingerprint density at radius 2 is 2.29 bits per heavy atom. The number of carbonyl (C=O) groups is 2. The third-order valence-electron chi connectivity index (χ3n) is 2.77. The van der Waals surface area contributed by atoms with E-state index < -0.39 is 12.0 Å². The summed E-state index contributed by atoms with van der Waals surface area (Å²) in [4.78, 5) is 27.6. The van der Waals surface area contributed by atoms with Crippen molar-refractivity contribution >= 4 is 17.8 Å². The van der Waals surface area contributed by atoms with Crippen molar-refractivity contribution in [3.8, 4) is 0 Å². The number of guanidine groups is 1. The second-order valence-electron chi connectivity index (χ2n) is 4.19. The van der Waals surface area contributed by atoms with Crippen molar-refractivity contribution in [2.45, 2.75) is 25.8 Å². The SMILES string of the molecule is CC1CN([C@@H](CCCN=C(N)N)C(=O)O)C1=O. The number of likely N-dealkylation sites (tertiary alicyclic amines) is 1. The molecule has 5 N–H and O–H groups in total. The minimum absolute atomic E-state index is 0.00877. The zero-order valence-corrected chi connectivity index (χ0v) is 9.80. The maximum Gasteiger partial charge on any atom is 0.326 e. The molecule has 1 heterocycles. The monoisotopic (exact) mass is 242 g/mol. The van der Waals surface area contributed by atoms with Crippen LogP contribution in [0.2, 0.25) is 0 Å². The number of carboxylic acid groups (broad SMARTS) is 1. The van der Waals surface area contributed by atoms with Crippen LogP contribution in [-0.4, -0.2) is 47.0 Å². The number of hydrogen-bond acceptors (Lipinski definition) is 3. The summed E-state index contributed by atoms with van der Waals surface area (Å²) in [5.41, 5.74) is 10.3. The fourth-order valence-corrected chi connectivity index (χ4v) is 1.82. The van der Waals surface area contributed by atoms with Crippen molar-refractivity contribution in [1.82, 2.24) is 4.90 Å². The molecule has 1 saturated heterocycles. The molecule has 1 aliphatic rings. The molecular formula is C10H18N4O3. The van der Waals surface area contributed by atoms with E-state index >= 15 is 0 Å². The lowest BCUT2D eigenvalue weighted by molar-refractivity contribution is -0.161. The molecule has 0 bridgehead atoms. The van der Waals surface area contributed by atoms with Gasteiger partial charge in [0.05, 0.1) is 5.92 Å². The highest BCUT2D eigenvalue weighted by molar-refractivity contribution is 5.89. The van der Waals surface area contributed by atoms with Crippen LogP contribution < -0.4 is 11.5 Å². The second kappa shape index (κ2) is 5.51. The summed E-state index contributed by atoms with van der Waals surface area (Å²) in [5.74, 6) is -1.14. The molecule has 1 rings (SSSR count). The predicted molar refractivity (Wildman–Crippen MR) is 62.2 cm³/mol. The summed E-state index contributed by atoms with van der Waals surface area (Å²) < 4.78 is 0. The first-order valence-corrected chi connectivity index (χ1v) is 5.52. The third kappa shape index (κ3) is 3.33. The smallest absolute Gasteiger partial charge is 0.326 e. The van der Waals surface area contributed by atoms with Gasteiger partial charge in [0.1, 0.15) is 6.04 Å². The van der Waals surface area contributed by atoms with Crippen molar-refractivity contribution in [3.63, 3.8) is 0 Å². The second-order valence-corrected chi connectivity index (χ2v) is 4.19. The Hall–Kier alpha value is -1.79. The van der Waals surface area contributed by atoms with Crippen LogP contribution in [0.5, 0.6) is 0 Å². The molecule has 2 atom stereocenters. The quantitative estimate of drug-likeness (QED) is 0.238. The minimum Gasteiger partial charge on any atom is -0.480 e. The molecule has 17 heavy (non-hydrogen) atoms. The Labute approximate surface area is 99.5 Å². The lowest BCUT2D eigenvalue weighted by atomic mass is 9.96. The normalized spacial score (nSPS) is 20.6. The van der Waals surface area contributed by atoms with Gasteiger partial charge in [-0.05, 0) is 12.8 Å². The molecule has 1 fully saturated rings. The molecule has 96 valence electrons. The fourth-order valence-electron chi connectivity index (χ4n) is 1.82. The third-order valence-corrected chi connectivity index (χ3v) is 2.77. The first-order valence-electron chi connectivity index (χ1n) is 5.52. The fraction of sp³-hybridized carbons (Fsp3) is 0.700. The van der Waals surface area contributed by atoms with Crippen molar-refractivity contribution in [2.75, 3.05) is 13.1 Å². The van der Waals surface area contributed by atoms with E-state index in [-0.39, 0.29) is 17.8 Å². The molecule has 0 aromatic carbocycles. The highest BCUT2D eigenvalue weighted by atomic mass is 16.4. The van der Waals surface area contributed by atoms with E-state index in [1.165, 1.54) is 4.90 Å². The van der Waals surface area contributed by atoms with Crippen LogP contribution in [0.3, 0.4) is 0 Å². The standard InChI is InChI=1S/C10H18N4O3/c1-6-5-14(8(6)15)7(9(16)17)3-2-4-13-10(11)12/h6-7H,2-5H2,1H3,(H,16,17)(H4,11,12,13)/t6?,7-/m0/s1. The van der Waals surface area contributed by atoms with E-state index in [9.17, 15) is 9.59 Å². The topological polar surface area (TPSA) is 122 Å². The first kappa shape index (κ1) is 13.3. The van der Waals surface area contributed by atoms with Crippen molar-refractivity contribution < 1.29 is 14.7 Å². The van der Waals surface area contributed by atoms with E-state index in [0.29, 0.717) is 25.9 Å². The van der Waals surface area contributed by atoms with Crippen LogP contribution >= 0.6 is 0 Å². The number of aliphatic imine (C=N–C) groups is 1. The molecule has 0 spiro atoms. The highest BCUT2D eigenvalue weighted by Gasteiger charge is 2.40. The van der Waals surface area contributed by atoms with Gasteiger partial charge < -0.3 is 21.5 Å². The molecule has 0 aromatic heterocycles. The molecular weight excluding hydrogens is 224 g/mol. The Morgan fingerprint density at radius 3 is 2.71 bits per heavy atom. The number of carbonyl (C=O) groups excluding carboxylic acids is 1. The minimum atomic E-state index is -0.977. The maximum absolute atomic E-state index is 11.4. The average Bonchev–Trinajstić information content (AvgIpc) is 2.25. The van der Waals surface area contributed by atoms with Crippen LogP contribution in [0.25, 0.3) is 0 Å². The number of aliphatic carboxylic acids is 1. The molecule has 0 saturated carbocycles. The number of β-lactam (4-membered cyclic amide) rings is 1. The average molecular weight is 242 g/mol. The molecule has 1 amide bonds. The van der Waals surface area contributed by atoms with Gasteiger partial charge in [-0.3, -0.25) is 9.79 Å². The summed E-state index contributed by atoms with van der Waals surface area (Å²) in [7, 11) is 0. The van der Waals surface area contributed by atoms with Gasteiger partial charge in [0.15, 0.2) is 5.96 Å². The summed E-state index contributed by atoms with van der Waals surface area (Å²) in [6.45, 7) is 2.68. The van der Waals surface area contributed by atoms with E-state index in [1.54, 1.807) is 6.92 Å². The Balaban J connectivity index is 2.43. The summed E-state index contributed by atoms with van der Waals surface area (Å²) >= 11 is 0. The number of carboxylic acids is 1. The van der Waals surface area contributed by atoms with Gasteiger partial charge in [0.25, 0.3) is 0 Å². The van der Waals surface area contributed by atoms with E-state index in [4.69, 9.17) is 16.6 Å². The summed E-state index contributed by atoms with van der Waals surface area (Å²) in [5, 5.41) is 9.04. The maximum atomic E-state index is 11.4. The number of nitrogens with two attached hydrogens (primary N) is 2. The van der Waals surface area contributed by atoms with Gasteiger partial charge in [-0.1, -0.05) is 6.92 Å². The van der Waals surface area contributed by atoms with Crippen LogP contribution in [-0.2, 0) is 9.59 Å². The van der Waals surface area contributed by atoms with Crippen LogP contribution in [0.1, 0.15) is 19.8 Å². The molecule has 1 unspecified atom stereocenters. The van der Waals surface area contributed by atoms with Crippen molar-refractivity contribution in [1.29, 1.82) is 0 Å². The summed E-state index contributed by atoms with van der Waals surface area (Å²) in [6, 6.07) is -0.757. The molecule has 1 aliphatic heterocycles. The van der Waals surface area contributed by atoms with Crippen LogP contribution in [0.15, 0.2) is 4.99 Å². The van der Waals surface area contributed by atoms with E-state index in [2.05, 4.69) is 4.99 Å². The first-order chi connectivity index (χ1) is 7.93. The number of amides is 1. The van der Waals surface area contributed by atoms with Crippen molar-refractivity contribution in [3.05, 3.63) is 0 Å². The highest BCUT2D eigenvalue weighted by Crippen LogP contribution is 2.22. The van der Waals surface area contributed by atoms with Crippen molar-refractivity contribution in [2.24, 2.45) is 22.4 Å². The number of rotatable bonds is 6. The van der Waals surface area contributed by atoms with E-state index in [0.717, 1.165) is 0 Å². The Bertz CT molecular complexity index is 338. The molecule has 7 heteroatoms. The van der Waals surface area contributed by atoms with Gasteiger partial charge in [-0.2, -0.15) is 0 Å². The van der Waals surface area contributed by atoms with E-state index in [1.807, 2.05) is 0 Å². The lowest BCUT2D eigenvalue weighted by Gasteiger charge is -2.40. The zero-order valence-electron chi connectivity index (χ0n) is 9.80. The van der Waals surface area contributed by atoms with Gasteiger partial charge in [-0.15, -0.1) is 0 Å². The van der Waals surface area contributed by atoms with Gasteiger partial charge >= 0.3 is 5.97 Å². The predicted octanol–water partition coefficient (Wildman–Crippen LogP) is -1.03. The summed E-state index contributed by atoms with van der Waals surface area (Å²) in [6.07, 6.45) is 0.900. The van der Waals surface area contributed by atoms with Crippen LogP contribution in [0.4, 0.5) is 0 Å². The zero-order chi connectivity index (χ0) is 13.0. The molecule has 7 nitrogen and oxygen atoms in total. The molecule has 0 radical (unpaired) electrons. The Kier molecular flexibility index (Phi) is 4.30. The largest absolute Gasteiger partial charge is 0.480 e. The molecule has 0 aliphatic carbocycles. The van der Waals surface area contributed by atoms with Crippen LogP contribution in [0, 0.1) is 5.92 Å². The molecule has 0 aromatic rings. The van der Waals surface area contributed by atoms with Gasteiger partial charge in [0, 0.05) is 13.1 Å². The number of nitrogens with zero attached hydrogens (tertiary/aromatic N) is 2. The number of hydrogen-bond donors (Lipinski definition) is 3. The Morgan fingerprint density at radius 1 is 1.65 bits per heavy atom. The van der Waals surface area contributed by atoms with Gasteiger partial charge in [0.2, 0.25) is 5.91 Å². The van der Waals surface area contributed by atoms with Gasteiger partial charge in [-0.25, -0.2) is 4.79 Å².